The molecule has 0 fully saturated rings. The van der Waals surface area contributed by atoms with Crippen LogP contribution in [0.15, 0.2) is 48.8 Å². The largest absolute Gasteiger partial charge is 0.450 e. The number of nitrogens with zero attached hydrogens (tertiary/aromatic N) is 3. The van der Waals surface area contributed by atoms with E-state index in [9.17, 15) is 8.78 Å². The molecule has 7 heteroatoms. The van der Waals surface area contributed by atoms with Crippen molar-refractivity contribution < 1.29 is 13.5 Å². The molecule has 2 heterocycles. The van der Waals surface area contributed by atoms with Gasteiger partial charge >= 0.3 is 0 Å². The van der Waals surface area contributed by atoms with Crippen LogP contribution in [-0.2, 0) is 6.42 Å². The maximum absolute atomic E-state index is 14.0. The molecule has 0 aliphatic rings. The van der Waals surface area contributed by atoms with Gasteiger partial charge in [-0.1, -0.05) is 13.3 Å². The zero-order valence-electron chi connectivity index (χ0n) is 15.2. The number of nitriles is 1. The molecule has 0 saturated heterocycles. The monoisotopic (exact) mass is 380 g/mol. The number of hydrogen-bond donors (Lipinski definition) is 1. The third-order valence-electron chi connectivity index (χ3n) is 3.98. The third kappa shape index (κ3) is 4.80. The lowest BCUT2D eigenvalue weighted by atomic mass is 10.1. The molecule has 142 valence electrons. The molecule has 0 aliphatic carbocycles. The molecule has 0 radical (unpaired) electrons. The summed E-state index contributed by atoms with van der Waals surface area (Å²) in [7, 11) is 0. The third-order valence-corrected chi connectivity index (χ3v) is 3.98. The van der Waals surface area contributed by atoms with Gasteiger partial charge in [0.05, 0.1) is 5.56 Å². The van der Waals surface area contributed by atoms with Crippen LogP contribution < -0.4 is 10.1 Å². The van der Waals surface area contributed by atoms with Crippen LogP contribution in [0.2, 0.25) is 0 Å². The molecular formula is C21H18F2N4O. The molecule has 3 aromatic rings. The molecule has 2 aromatic heterocycles. The Balaban J connectivity index is 1.92. The highest BCUT2D eigenvalue weighted by Crippen LogP contribution is 2.32. The maximum Gasteiger partial charge on any atom is 0.175 e. The van der Waals surface area contributed by atoms with Crippen molar-refractivity contribution in [2.75, 3.05) is 5.32 Å². The fraction of sp³-hybridized carbons (Fsp3) is 0.190. The number of aromatic nitrogens is 2. The number of nitrogens with one attached hydrogen (secondary N) is 1. The fourth-order valence-corrected chi connectivity index (χ4v) is 2.51. The van der Waals surface area contributed by atoms with Gasteiger partial charge in [0.1, 0.15) is 17.7 Å². The van der Waals surface area contributed by atoms with E-state index in [-0.39, 0.29) is 5.75 Å². The molecule has 1 N–H and O–H groups in total. The Bertz CT molecular complexity index is 1000. The van der Waals surface area contributed by atoms with Crippen molar-refractivity contribution in [3.05, 3.63) is 71.6 Å². The average molecular weight is 380 g/mol. The number of halogens is 2. The first-order chi connectivity index (χ1) is 13.6. The van der Waals surface area contributed by atoms with Crippen molar-refractivity contribution >= 4 is 11.6 Å². The number of ether oxygens (including phenoxy) is 1. The normalized spacial score (nSPS) is 10.4. The summed E-state index contributed by atoms with van der Waals surface area (Å²) in [6.07, 6.45) is 5.96. The van der Waals surface area contributed by atoms with Gasteiger partial charge in [-0.15, -0.1) is 0 Å². The molecule has 28 heavy (non-hydrogen) atoms. The molecule has 0 atom stereocenters. The number of unbranched alkanes of at least 4 members (excludes halogenated alkanes) is 1. The second-order valence-corrected chi connectivity index (χ2v) is 6.14. The van der Waals surface area contributed by atoms with E-state index in [1.807, 2.05) is 6.07 Å². The van der Waals surface area contributed by atoms with Crippen LogP contribution in [-0.4, -0.2) is 9.97 Å². The molecule has 3 rings (SSSR count). The summed E-state index contributed by atoms with van der Waals surface area (Å²) in [5, 5.41) is 11.9. The molecule has 0 unspecified atom stereocenters. The summed E-state index contributed by atoms with van der Waals surface area (Å²) in [5.74, 6) is -0.503. The Morgan fingerprint density at radius 3 is 2.61 bits per heavy atom. The van der Waals surface area contributed by atoms with Crippen molar-refractivity contribution in [1.82, 2.24) is 9.97 Å². The van der Waals surface area contributed by atoms with Gasteiger partial charge in [-0.2, -0.15) is 5.26 Å². The summed E-state index contributed by atoms with van der Waals surface area (Å²) >= 11 is 0. The van der Waals surface area contributed by atoms with Crippen molar-refractivity contribution in [3.8, 4) is 17.6 Å². The van der Waals surface area contributed by atoms with Crippen LogP contribution in [0.4, 0.5) is 20.4 Å². The van der Waals surface area contributed by atoms with Gasteiger partial charge in [-0.3, -0.25) is 0 Å². The lowest BCUT2D eigenvalue weighted by Gasteiger charge is -2.14. The zero-order chi connectivity index (χ0) is 19.9. The lowest BCUT2D eigenvalue weighted by Crippen LogP contribution is -2.01. The Morgan fingerprint density at radius 2 is 1.93 bits per heavy atom. The van der Waals surface area contributed by atoms with Gasteiger partial charge in [-0.25, -0.2) is 18.7 Å². The van der Waals surface area contributed by atoms with E-state index in [0.29, 0.717) is 22.9 Å². The summed E-state index contributed by atoms with van der Waals surface area (Å²) in [4.78, 5) is 8.52. The van der Waals surface area contributed by atoms with Gasteiger partial charge in [0, 0.05) is 18.5 Å². The second-order valence-electron chi connectivity index (χ2n) is 6.14. The van der Waals surface area contributed by atoms with Crippen LogP contribution in [0.1, 0.15) is 30.9 Å². The van der Waals surface area contributed by atoms with Gasteiger partial charge in [0.25, 0.3) is 0 Å². The van der Waals surface area contributed by atoms with Gasteiger partial charge in [-0.05, 0) is 48.7 Å². The van der Waals surface area contributed by atoms with Gasteiger partial charge in [0.2, 0.25) is 0 Å². The molecule has 0 saturated carbocycles. The number of rotatable bonds is 7. The van der Waals surface area contributed by atoms with Crippen LogP contribution in [0, 0.1) is 23.0 Å². The minimum atomic E-state index is -0.804. The maximum atomic E-state index is 14.0. The van der Waals surface area contributed by atoms with E-state index in [2.05, 4.69) is 22.2 Å². The van der Waals surface area contributed by atoms with Crippen molar-refractivity contribution in [2.24, 2.45) is 0 Å². The van der Waals surface area contributed by atoms with Crippen LogP contribution in [0.25, 0.3) is 0 Å². The Kier molecular flexibility index (Phi) is 6.12. The van der Waals surface area contributed by atoms with Crippen molar-refractivity contribution in [3.63, 3.8) is 0 Å². The number of pyridine rings is 2. The molecule has 0 aliphatic heterocycles. The highest BCUT2D eigenvalue weighted by Gasteiger charge is 2.13. The molecule has 0 spiro atoms. The Morgan fingerprint density at radius 1 is 1.07 bits per heavy atom. The minimum absolute atomic E-state index is 0.105. The Labute approximate surface area is 161 Å². The topological polar surface area (TPSA) is 70.8 Å². The highest BCUT2D eigenvalue weighted by molar-refractivity contribution is 5.61. The molecule has 0 bridgehead atoms. The number of benzene rings is 1. The summed E-state index contributed by atoms with van der Waals surface area (Å²) < 4.78 is 32.9. The van der Waals surface area contributed by atoms with Crippen LogP contribution >= 0.6 is 0 Å². The van der Waals surface area contributed by atoms with E-state index < -0.39 is 11.6 Å². The highest BCUT2D eigenvalue weighted by atomic mass is 19.1. The summed E-state index contributed by atoms with van der Waals surface area (Å²) in [6, 6.07) is 10.1. The standard InChI is InChI=1S/C21H18F2N4O/c1-2-3-4-14-9-19(28-18-7-6-16(22)10-17(18)23)21(26-12-14)27-20-8-5-15(11-24)13-25-20/h5-10,12-13H,2-4H2,1H3,(H,25,26,27). The Hall–Kier alpha value is -3.53. The van der Waals surface area contributed by atoms with Crippen molar-refractivity contribution in [2.45, 2.75) is 26.2 Å². The van der Waals surface area contributed by atoms with E-state index >= 15 is 0 Å². The predicted octanol–water partition coefficient (Wildman–Crippen LogP) is 5.50. The number of aryl methyl sites for hydroxylation is 1. The first kappa shape index (κ1) is 19.2. The van der Waals surface area contributed by atoms with E-state index in [1.54, 1.807) is 24.4 Å². The molecular weight excluding hydrogens is 362 g/mol. The van der Waals surface area contributed by atoms with E-state index in [4.69, 9.17) is 10.00 Å². The lowest BCUT2D eigenvalue weighted by molar-refractivity contribution is 0.437. The van der Waals surface area contributed by atoms with Crippen LogP contribution in [0.3, 0.4) is 0 Å². The first-order valence-corrected chi connectivity index (χ1v) is 8.84. The first-order valence-electron chi connectivity index (χ1n) is 8.84. The quantitative estimate of drug-likeness (QED) is 0.586. The number of anilines is 2. The second kappa shape index (κ2) is 8.91. The SMILES string of the molecule is CCCCc1cnc(Nc2ccc(C#N)cn2)c(Oc2ccc(F)cc2F)c1. The zero-order valence-corrected chi connectivity index (χ0v) is 15.2. The molecule has 1 aromatic carbocycles. The number of hydrogen-bond acceptors (Lipinski definition) is 5. The predicted molar refractivity (Wildman–Crippen MR) is 102 cm³/mol. The van der Waals surface area contributed by atoms with Crippen LogP contribution in [0.5, 0.6) is 11.5 Å². The average Bonchev–Trinajstić information content (AvgIpc) is 2.70. The smallest absolute Gasteiger partial charge is 0.175 e. The summed E-state index contributed by atoms with van der Waals surface area (Å²) in [5.41, 5.74) is 1.37. The molecule has 0 amide bonds. The fourth-order valence-electron chi connectivity index (χ4n) is 2.51. The molecule has 5 nitrogen and oxygen atoms in total. The van der Waals surface area contributed by atoms with Gasteiger partial charge in [0.15, 0.2) is 23.1 Å². The summed E-state index contributed by atoms with van der Waals surface area (Å²) in [6.45, 7) is 2.09. The van der Waals surface area contributed by atoms with Gasteiger partial charge < -0.3 is 10.1 Å². The minimum Gasteiger partial charge on any atom is -0.450 e. The van der Waals surface area contributed by atoms with E-state index in [1.165, 1.54) is 12.3 Å². The van der Waals surface area contributed by atoms with E-state index in [0.717, 1.165) is 37.0 Å². The van der Waals surface area contributed by atoms with Crippen molar-refractivity contribution in [1.29, 1.82) is 5.26 Å².